The SMILES string of the molecule is Nc1nc2c(F)cccc2n1-c1cccc2cccnc12. The number of benzene rings is 2. The first kappa shape index (κ1) is 11.8. The van der Waals surface area contributed by atoms with Crippen LogP contribution in [0, 0.1) is 5.82 Å². The highest BCUT2D eigenvalue weighted by Crippen LogP contribution is 2.28. The Kier molecular flexibility index (Phi) is 2.41. The number of imidazole rings is 1. The van der Waals surface area contributed by atoms with Gasteiger partial charge in [-0.25, -0.2) is 9.37 Å². The van der Waals surface area contributed by atoms with E-state index in [1.807, 2.05) is 30.3 Å². The van der Waals surface area contributed by atoms with Gasteiger partial charge in [0.05, 0.1) is 16.7 Å². The van der Waals surface area contributed by atoms with Gasteiger partial charge in [-0.15, -0.1) is 0 Å². The fourth-order valence-corrected chi connectivity index (χ4v) is 2.60. The van der Waals surface area contributed by atoms with Crippen molar-refractivity contribution in [3.05, 3.63) is 60.5 Å². The molecule has 0 saturated carbocycles. The van der Waals surface area contributed by atoms with Crippen LogP contribution < -0.4 is 5.73 Å². The molecule has 102 valence electrons. The van der Waals surface area contributed by atoms with Crippen molar-refractivity contribution in [3.8, 4) is 5.69 Å². The normalized spacial score (nSPS) is 11.3. The minimum Gasteiger partial charge on any atom is -0.369 e. The summed E-state index contributed by atoms with van der Waals surface area (Å²) >= 11 is 0. The standard InChI is InChI=1S/C16H11FN4/c17-11-6-2-8-13-15(11)20-16(18)21(13)12-7-1-4-10-5-3-9-19-14(10)12/h1-9H,(H2,18,20). The highest BCUT2D eigenvalue weighted by atomic mass is 19.1. The molecule has 0 unspecified atom stereocenters. The van der Waals surface area contributed by atoms with Crippen molar-refractivity contribution in [1.82, 2.24) is 14.5 Å². The molecule has 0 bridgehead atoms. The van der Waals surface area contributed by atoms with Crippen LogP contribution in [0.4, 0.5) is 10.3 Å². The Morgan fingerprint density at radius 3 is 2.67 bits per heavy atom. The first-order valence-corrected chi connectivity index (χ1v) is 6.52. The van der Waals surface area contributed by atoms with Crippen molar-refractivity contribution in [1.29, 1.82) is 0 Å². The molecule has 0 spiro atoms. The molecule has 5 heteroatoms. The molecule has 0 aliphatic rings. The topological polar surface area (TPSA) is 56.7 Å². The lowest BCUT2D eigenvalue weighted by Gasteiger charge is -2.09. The van der Waals surface area contributed by atoms with Crippen LogP contribution in [0.3, 0.4) is 0 Å². The quantitative estimate of drug-likeness (QED) is 0.581. The summed E-state index contributed by atoms with van der Waals surface area (Å²) in [7, 11) is 0. The summed E-state index contributed by atoms with van der Waals surface area (Å²) in [6.45, 7) is 0. The maximum absolute atomic E-state index is 13.9. The van der Waals surface area contributed by atoms with Crippen molar-refractivity contribution >= 4 is 27.9 Å². The Bertz CT molecular complexity index is 969. The predicted octanol–water partition coefficient (Wildman–Crippen LogP) is 3.30. The molecule has 0 saturated heterocycles. The molecule has 0 fully saturated rings. The molecule has 0 aliphatic carbocycles. The number of anilines is 1. The second-order valence-electron chi connectivity index (χ2n) is 4.77. The number of nitrogens with zero attached hydrogens (tertiary/aromatic N) is 3. The molecule has 2 heterocycles. The van der Waals surface area contributed by atoms with E-state index >= 15 is 0 Å². The first-order valence-electron chi connectivity index (χ1n) is 6.52. The van der Waals surface area contributed by atoms with Gasteiger partial charge in [-0.05, 0) is 24.3 Å². The molecule has 2 aromatic heterocycles. The first-order chi connectivity index (χ1) is 10.3. The maximum atomic E-state index is 13.9. The van der Waals surface area contributed by atoms with Gasteiger partial charge in [0.2, 0.25) is 5.95 Å². The molecular weight excluding hydrogens is 267 g/mol. The van der Waals surface area contributed by atoms with Crippen LogP contribution >= 0.6 is 0 Å². The number of pyridine rings is 1. The van der Waals surface area contributed by atoms with Gasteiger partial charge in [0, 0.05) is 11.6 Å². The summed E-state index contributed by atoms with van der Waals surface area (Å²) in [5.41, 5.74) is 8.49. The van der Waals surface area contributed by atoms with Crippen molar-refractivity contribution in [3.63, 3.8) is 0 Å². The third-order valence-electron chi connectivity index (χ3n) is 3.51. The highest BCUT2D eigenvalue weighted by Gasteiger charge is 2.15. The Morgan fingerprint density at radius 2 is 1.76 bits per heavy atom. The predicted molar refractivity (Wildman–Crippen MR) is 80.7 cm³/mol. The van der Waals surface area contributed by atoms with Crippen molar-refractivity contribution in [2.45, 2.75) is 0 Å². The second-order valence-corrected chi connectivity index (χ2v) is 4.77. The largest absolute Gasteiger partial charge is 0.369 e. The Morgan fingerprint density at radius 1 is 0.952 bits per heavy atom. The molecule has 4 nitrogen and oxygen atoms in total. The van der Waals surface area contributed by atoms with E-state index in [0.29, 0.717) is 5.52 Å². The molecule has 2 N–H and O–H groups in total. The van der Waals surface area contributed by atoms with Crippen LogP contribution in [-0.2, 0) is 0 Å². The lowest BCUT2D eigenvalue weighted by Crippen LogP contribution is -2.01. The molecule has 0 atom stereocenters. The lowest BCUT2D eigenvalue weighted by atomic mass is 10.2. The van der Waals surface area contributed by atoms with E-state index in [1.165, 1.54) is 6.07 Å². The highest BCUT2D eigenvalue weighted by molar-refractivity contribution is 5.90. The number of hydrogen-bond donors (Lipinski definition) is 1. The van der Waals surface area contributed by atoms with Crippen molar-refractivity contribution in [2.75, 3.05) is 5.73 Å². The van der Waals surface area contributed by atoms with Crippen LogP contribution in [0.25, 0.3) is 27.6 Å². The summed E-state index contributed by atoms with van der Waals surface area (Å²) in [6, 6.07) is 14.5. The van der Waals surface area contributed by atoms with Crippen molar-refractivity contribution in [2.24, 2.45) is 0 Å². The number of nitrogens with two attached hydrogens (primary N) is 1. The second kappa shape index (κ2) is 4.28. The number of halogens is 1. The van der Waals surface area contributed by atoms with Gasteiger partial charge in [-0.3, -0.25) is 9.55 Å². The third-order valence-corrected chi connectivity index (χ3v) is 3.51. The zero-order valence-corrected chi connectivity index (χ0v) is 11.0. The van der Waals surface area contributed by atoms with Gasteiger partial charge < -0.3 is 5.73 Å². The molecule has 4 aromatic rings. The molecule has 0 amide bonds. The molecule has 21 heavy (non-hydrogen) atoms. The van der Waals surface area contributed by atoms with E-state index < -0.39 is 0 Å². The Hall–Kier alpha value is -2.95. The summed E-state index contributed by atoms with van der Waals surface area (Å²) in [5.74, 6) is -0.139. The van der Waals surface area contributed by atoms with Crippen LogP contribution in [0.15, 0.2) is 54.7 Å². The number of nitrogen functional groups attached to an aromatic ring is 1. The van der Waals surface area contributed by atoms with E-state index in [1.54, 1.807) is 22.9 Å². The fraction of sp³-hybridized carbons (Fsp3) is 0. The lowest BCUT2D eigenvalue weighted by molar-refractivity contribution is 0.637. The number of fused-ring (bicyclic) bond motifs is 2. The molecule has 0 aliphatic heterocycles. The molecule has 4 rings (SSSR count). The fourth-order valence-electron chi connectivity index (χ4n) is 2.60. The van der Waals surface area contributed by atoms with Gasteiger partial charge in [-0.1, -0.05) is 24.3 Å². The zero-order chi connectivity index (χ0) is 14.4. The molecule has 0 radical (unpaired) electrons. The van der Waals surface area contributed by atoms with E-state index in [0.717, 1.165) is 16.6 Å². The number of aromatic nitrogens is 3. The number of para-hydroxylation sites is 2. The minimum atomic E-state index is -0.383. The van der Waals surface area contributed by atoms with E-state index in [4.69, 9.17) is 5.73 Å². The maximum Gasteiger partial charge on any atom is 0.206 e. The summed E-state index contributed by atoms with van der Waals surface area (Å²) < 4.78 is 15.6. The van der Waals surface area contributed by atoms with Gasteiger partial charge in [0.15, 0.2) is 5.82 Å². The average molecular weight is 278 g/mol. The van der Waals surface area contributed by atoms with E-state index in [2.05, 4.69) is 9.97 Å². The summed E-state index contributed by atoms with van der Waals surface area (Å²) in [6.07, 6.45) is 1.72. The molecule has 2 aromatic carbocycles. The average Bonchev–Trinajstić information content (AvgIpc) is 2.84. The van der Waals surface area contributed by atoms with E-state index in [9.17, 15) is 4.39 Å². The van der Waals surface area contributed by atoms with Crippen LogP contribution in [-0.4, -0.2) is 14.5 Å². The summed E-state index contributed by atoms with van der Waals surface area (Å²) in [4.78, 5) is 8.54. The number of rotatable bonds is 1. The van der Waals surface area contributed by atoms with Gasteiger partial charge in [-0.2, -0.15) is 0 Å². The van der Waals surface area contributed by atoms with Gasteiger partial charge in [0.25, 0.3) is 0 Å². The van der Waals surface area contributed by atoms with E-state index in [-0.39, 0.29) is 17.3 Å². The summed E-state index contributed by atoms with van der Waals surface area (Å²) in [5, 5.41) is 0.993. The smallest absolute Gasteiger partial charge is 0.206 e. The van der Waals surface area contributed by atoms with Crippen LogP contribution in [0.1, 0.15) is 0 Å². The molecular formula is C16H11FN4. The zero-order valence-electron chi connectivity index (χ0n) is 11.0. The third kappa shape index (κ3) is 1.67. The van der Waals surface area contributed by atoms with Gasteiger partial charge in [0.1, 0.15) is 5.52 Å². The number of hydrogen-bond acceptors (Lipinski definition) is 3. The monoisotopic (exact) mass is 278 g/mol. The van der Waals surface area contributed by atoms with Crippen LogP contribution in [0.2, 0.25) is 0 Å². The Labute approximate surface area is 119 Å². The minimum absolute atomic E-state index is 0.244. The Balaban J connectivity index is 2.14. The van der Waals surface area contributed by atoms with Crippen molar-refractivity contribution < 1.29 is 4.39 Å². The van der Waals surface area contributed by atoms with Gasteiger partial charge >= 0.3 is 0 Å². The van der Waals surface area contributed by atoms with Crippen LogP contribution in [0.5, 0.6) is 0 Å².